The van der Waals surface area contributed by atoms with Gasteiger partial charge in [-0.25, -0.2) is 0 Å². The third-order valence-corrected chi connectivity index (χ3v) is 5.87. The Labute approximate surface area is 195 Å². The highest BCUT2D eigenvalue weighted by Gasteiger charge is 2.21. The number of hydrogen-bond donors (Lipinski definition) is 0. The lowest BCUT2D eigenvalue weighted by atomic mass is 10.0. The van der Waals surface area contributed by atoms with Crippen molar-refractivity contribution >= 4 is 27.7 Å². The maximum absolute atomic E-state index is 13.5. The van der Waals surface area contributed by atoms with E-state index < -0.39 is 0 Å². The van der Waals surface area contributed by atoms with Crippen LogP contribution >= 0.6 is 0 Å². The molecule has 0 aliphatic heterocycles. The number of aryl methyl sites for hydroxylation is 2. The van der Waals surface area contributed by atoms with Crippen LogP contribution in [-0.2, 0) is 0 Å². The molecule has 2 aromatic heterocycles. The van der Waals surface area contributed by atoms with Crippen LogP contribution in [0.1, 0.15) is 21.7 Å². The Hall–Kier alpha value is -4.32. The van der Waals surface area contributed by atoms with E-state index >= 15 is 0 Å². The molecule has 170 valence electrons. The van der Waals surface area contributed by atoms with Crippen LogP contribution in [0.15, 0.2) is 80.4 Å². The van der Waals surface area contributed by atoms with E-state index in [1.165, 1.54) is 0 Å². The summed E-state index contributed by atoms with van der Waals surface area (Å²) in [5.74, 6) is 0.687. The Morgan fingerprint density at radius 3 is 2.35 bits per heavy atom. The molecule has 6 heteroatoms. The highest BCUT2D eigenvalue weighted by atomic mass is 16.5. The summed E-state index contributed by atoms with van der Waals surface area (Å²) in [6.45, 7) is 3.51. The number of Topliss-reactive ketones (excluding diaryl/α,β-unsaturated/α-hetero) is 1. The molecule has 0 fully saturated rings. The Bertz CT molecular complexity index is 1550. The predicted molar refractivity (Wildman–Crippen MR) is 130 cm³/mol. The van der Waals surface area contributed by atoms with E-state index in [9.17, 15) is 9.59 Å². The molecule has 0 saturated heterocycles. The summed E-state index contributed by atoms with van der Waals surface area (Å²) in [7, 11) is 1.58. The van der Waals surface area contributed by atoms with Gasteiger partial charge in [-0.1, -0.05) is 18.2 Å². The predicted octanol–water partition coefficient (Wildman–Crippen LogP) is 6.09. The van der Waals surface area contributed by atoms with Crippen LogP contribution in [0.3, 0.4) is 0 Å². The minimum Gasteiger partial charge on any atom is -0.497 e. The van der Waals surface area contributed by atoms with Gasteiger partial charge >= 0.3 is 0 Å². The topological polar surface area (TPSA) is 78.9 Å². The second kappa shape index (κ2) is 8.56. The third kappa shape index (κ3) is 3.83. The zero-order valence-corrected chi connectivity index (χ0v) is 19.0. The molecule has 0 radical (unpaired) electrons. The molecule has 0 amide bonds. The zero-order valence-electron chi connectivity index (χ0n) is 19.0. The van der Waals surface area contributed by atoms with E-state index in [2.05, 4.69) is 0 Å². The first kappa shape index (κ1) is 21.5. The van der Waals surface area contributed by atoms with Gasteiger partial charge in [0.05, 0.1) is 12.5 Å². The molecule has 0 atom stereocenters. The first-order chi connectivity index (χ1) is 16.4. The zero-order chi connectivity index (χ0) is 23.8. The van der Waals surface area contributed by atoms with Crippen molar-refractivity contribution in [2.45, 2.75) is 13.8 Å². The fraction of sp³-hybridized carbons (Fsp3) is 0.143. The van der Waals surface area contributed by atoms with Crippen LogP contribution in [0, 0.1) is 13.8 Å². The van der Waals surface area contributed by atoms with Crippen LogP contribution < -0.4 is 14.9 Å². The normalized spacial score (nSPS) is 11.1. The Morgan fingerprint density at radius 2 is 1.62 bits per heavy atom. The maximum Gasteiger partial charge on any atom is 0.235 e. The minimum absolute atomic E-state index is 0.0228. The first-order valence-electron chi connectivity index (χ1n) is 10.8. The van der Waals surface area contributed by atoms with E-state index in [0.717, 1.165) is 16.5 Å². The van der Waals surface area contributed by atoms with E-state index in [1.807, 2.05) is 38.1 Å². The molecular formula is C28H22O6. The van der Waals surface area contributed by atoms with Gasteiger partial charge in [0.25, 0.3) is 0 Å². The quantitative estimate of drug-likeness (QED) is 0.289. The molecular weight excluding hydrogens is 432 g/mol. The van der Waals surface area contributed by atoms with Crippen molar-refractivity contribution in [1.29, 1.82) is 0 Å². The van der Waals surface area contributed by atoms with Crippen molar-refractivity contribution in [3.63, 3.8) is 0 Å². The summed E-state index contributed by atoms with van der Waals surface area (Å²) in [6.07, 6.45) is 0. The van der Waals surface area contributed by atoms with Gasteiger partial charge < -0.3 is 18.3 Å². The maximum atomic E-state index is 13.5. The monoisotopic (exact) mass is 454 g/mol. The average Bonchev–Trinajstić information content (AvgIpc) is 3.29. The lowest BCUT2D eigenvalue weighted by Gasteiger charge is -2.12. The second-order valence-electron chi connectivity index (χ2n) is 8.11. The fourth-order valence-corrected chi connectivity index (χ4v) is 3.82. The van der Waals surface area contributed by atoms with E-state index in [0.29, 0.717) is 27.9 Å². The number of furan rings is 1. The molecule has 0 aliphatic rings. The molecule has 0 spiro atoms. The molecule has 0 unspecified atom stereocenters. The highest BCUT2D eigenvalue weighted by molar-refractivity contribution is 5.98. The molecule has 0 bridgehead atoms. The number of benzene rings is 3. The van der Waals surface area contributed by atoms with Crippen LogP contribution in [-0.4, -0.2) is 19.5 Å². The summed E-state index contributed by atoms with van der Waals surface area (Å²) >= 11 is 0. The lowest BCUT2D eigenvalue weighted by molar-refractivity contribution is 0.0894. The van der Waals surface area contributed by atoms with Crippen LogP contribution in [0.4, 0.5) is 0 Å². The summed E-state index contributed by atoms with van der Waals surface area (Å²) in [4.78, 5) is 26.3. The van der Waals surface area contributed by atoms with Crippen LogP contribution in [0.2, 0.25) is 0 Å². The SMILES string of the molecule is COc1ccc(-c2oc3cc(C)c(C)cc3c(=O)c2OCC(=O)c2cc3ccccc3o2)cc1. The number of ether oxygens (including phenoxy) is 2. The first-order valence-corrected chi connectivity index (χ1v) is 10.8. The molecule has 0 saturated carbocycles. The number of rotatable bonds is 6. The summed E-state index contributed by atoms with van der Waals surface area (Å²) < 4.78 is 22.9. The Morgan fingerprint density at radius 1 is 0.882 bits per heavy atom. The number of para-hydroxylation sites is 1. The Kier molecular flexibility index (Phi) is 5.42. The van der Waals surface area contributed by atoms with E-state index in [-0.39, 0.29) is 35.1 Å². The highest BCUT2D eigenvalue weighted by Crippen LogP contribution is 2.33. The van der Waals surface area contributed by atoms with Gasteiger partial charge in [-0.15, -0.1) is 0 Å². The lowest BCUT2D eigenvalue weighted by Crippen LogP contribution is -2.17. The molecule has 34 heavy (non-hydrogen) atoms. The van der Waals surface area contributed by atoms with Gasteiger partial charge in [0.1, 0.15) is 16.9 Å². The van der Waals surface area contributed by atoms with Gasteiger partial charge in [0.2, 0.25) is 17.0 Å². The largest absolute Gasteiger partial charge is 0.497 e. The number of carbonyl (C=O) groups is 1. The molecule has 0 N–H and O–H groups in total. The van der Waals surface area contributed by atoms with Crippen LogP contribution in [0.5, 0.6) is 11.5 Å². The number of carbonyl (C=O) groups excluding carboxylic acids is 1. The van der Waals surface area contributed by atoms with Gasteiger partial charge in [-0.05, 0) is 73.5 Å². The number of methoxy groups -OCH3 is 1. The number of fused-ring (bicyclic) bond motifs is 2. The third-order valence-electron chi connectivity index (χ3n) is 5.87. The molecule has 2 heterocycles. The van der Waals surface area contributed by atoms with Crippen molar-refractivity contribution in [3.05, 3.63) is 93.8 Å². The number of hydrogen-bond acceptors (Lipinski definition) is 6. The van der Waals surface area contributed by atoms with Crippen molar-refractivity contribution in [1.82, 2.24) is 0 Å². The standard InChI is InChI=1S/C28H22O6/c1-16-12-21-24(13-17(16)2)34-27(18-8-10-20(31-3)11-9-18)28(26(21)30)32-15-22(29)25-14-19-6-4-5-7-23(19)33-25/h4-14H,15H2,1-3H3. The molecule has 6 nitrogen and oxygen atoms in total. The van der Waals surface area contributed by atoms with Gasteiger partial charge in [0, 0.05) is 10.9 Å². The molecule has 0 aliphatic carbocycles. The minimum atomic E-state index is -0.378. The molecule has 5 rings (SSSR count). The van der Waals surface area contributed by atoms with E-state index in [4.69, 9.17) is 18.3 Å². The second-order valence-corrected chi connectivity index (χ2v) is 8.11. The van der Waals surface area contributed by atoms with Crippen molar-refractivity contribution < 1.29 is 23.1 Å². The number of ketones is 1. The fourth-order valence-electron chi connectivity index (χ4n) is 3.82. The summed E-state index contributed by atoms with van der Waals surface area (Å²) in [5.41, 5.74) is 3.32. The molecule has 5 aromatic rings. The van der Waals surface area contributed by atoms with Crippen LogP contribution in [0.25, 0.3) is 33.3 Å². The van der Waals surface area contributed by atoms with Gasteiger partial charge in [-0.2, -0.15) is 0 Å². The van der Waals surface area contributed by atoms with Crippen molar-refractivity contribution in [2.24, 2.45) is 0 Å². The van der Waals surface area contributed by atoms with Gasteiger partial charge in [0.15, 0.2) is 18.1 Å². The summed E-state index contributed by atoms with van der Waals surface area (Å²) in [5, 5.41) is 1.22. The van der Waals surface area contributed by atoms with E-state index in [1.54, 1.807) is 49.6 Å². The summed E-state index contributed by atoms with van der Waals surface area (Å²) in [6, 6.07) is 19.7. The Balaban J connectivity index is 1.57. The molecule has 3 aromatic carbocycles. The smallest absolute Gasteiger partial charge is 0.235 e. The van der Waals surface area contributed by atoms with Crippen molar-refractivity contribution in [3.8, 4) is 22.8 Å². The average molecular weight is 454 g/mol. The van der Waals surface area contributed by atoms with Crippen molar-refractivity contribution in [2.75, 3.05) is 13.7 Å². The van der Waals surface area contributed by atoms with Gasteiger partial charge in [-0.3, -0.25) is 9.59 Å².